The van der Waals surface area contributed by atoms with Crippen LogP contribution < -0.4 is 10.2 Å². The number of hydrogen-bond donors (Lipinski definition) is 1. The van der Waals surface area contributed by atoms with Crippen LogP contribution in [0.1, 0.15) is 35.3 Å². The van der Waals surface area contributed by atoms with Gasteiger partial charge in [-0.2, -0.15) is 0 Å². The summed E-state index contributed by atoms with van der Waals surface area (Å²) in [4.78, 5) is 39.9. The first-order valence-corrected chi connectivity index (χ1v) is 10.4. The van der Waals surface area contributed by atoms with Crippen LogP contribution in [0, 0.1) is 0 Å². The van der Waals surface area contributed by atoms with E-state index in [0.29, 0.717) is 23.4 Å². The van der Waals surface area contributed by atoms with Gasteiger partial charge in [0.05, 0.1) is 16.9 Å². The quantitative estimate of drug-likeness (QED) is 0.618. The lowest BCUT2D eigenvalue weighted by Gasteiger charge is -2.41. The van der Waals surface area contributed by atoms with Crippen molar-refractivity contribution in [2.24, 2.45) is 0 Å². The zero-order valence-corrected chi connectivity index (χ0v) is 18.0. The summed E-state index contributed by atoms with van der Waals surface area (Å²) in [6.07, 6.45) is 0.576. The Labute approximate surface area is 186 Å². The Morgan fingerprint density at radius 3 is 2.34 bits per heavy atom. The van der Waals surface area contributed by atoms with Gasteiger partial charge in [0.2, 0.25) is 5.91 Å². The number of nitrogens with zero attached hydrogens (tertiary/aromatic N) is 1. The van der Waals surface area contributed by atoms with E-state index in [-0.39, 0.29) is 5.91 Å². The Morgan fingerprint density at radius 1 is 0.906 bits per heavy atom. The SMILES string of the molecule is CC1(C)C(=O)Nc2ccccc2N1C(=O)COC(=O)c1ccccc1Cc1ccccc1. The molecule has 3 aromatic rings. The molecule has 0 atom stereocenters. The summed E-state index contributed by atoms with van der Waals surface area (Å²) < 4.78 is 5.40. The third-order valence-corrected chi connectivity index (χ3v) is 5.56. The molecule has 1 heterocycles. The zero-order chi connectivity index (χ0) is 22.7. The predicted molar refractivity (Wildman–Crippen MR) is 123 cm³/mol. The van der Waals surface area contributed by atoms with Gasteiger partial charge in [-0.25, -0.2) is 4.79 Å². The summed E-state index contributed by atoms with van der Waals surface area (Å²) in [5.74, 6) is -1.34. The molecule has 0 saturated heterocycles. The van der Waals surface area contributed by atoms with E-state index >= 15 is 0 Å². The van der Waals surface area contributed by atoms with Crippen molar-refractivity contribution in [3.8, 4) is 0 Å². The molecule has 6 heteroatoms. The Kier molecular flexibility index (Phi) is 5.77. The molecule has 32 heavy (non-hydrogen) atoms. The second-order valence-corrected chi connectivity index (χ2v) is 8.16. The summed E-state index contributed by atoms with van der Waals surface area (Å²) in [5, 5.41) is 2.82. The minimum Gasteiger partial charge on any atom is -0.452 e. The number of esters is 1. The molecule has 2 amide bonds. The topological polar surface area (TPSA) is 75.7 Å². The molecule has 3 aromatic carbocycles. The average molecular weight is 428 g/mol. The van der Waals surface area contributed by atoms with Gasteiger partial charge in [-0.1, -0.05) is 60.7 Å². The summed E-state index contributed by atoms with van der Waals surface area (Å²) >= 11 is 0. The van der Waals surface area contributed by atoms with E-state index in [4.69, 9.17) is 4.74 Å². The van der Waals surface area contributed by atoms with Crippen LogP contribution in [0.5, 0.6) is 0 Å². The van der Waals surface area contributed by atoms with Crippen molar-refractivity contribution in [2.45, 2.75) is 25.8 Å². The zero-order valence-electron chi connectivity index (χ0n) is 18.0. The maximum atomic E-state index is 13.1. The van der Waals surface area contributed by atoms with Crippen LogP contribution in [0.3, 0.4) is 0 Å². The minimum absolute atomic E-state index is 0.302. The molecule has 0 bridgehead atoms. The Hall–Kier alpha value is -3.93. The van der Waals surface area contributed by atoms with E-state index in [2.05, 4.69) is 5.32 Å². The minimum atomic E-state index is -1.12. The largest absolute Gasteiger partial charge is 0.452 e. The molecule has 6 nitrogen and oxygen atoms in total. The molecule has 1 N–H and O–H groups in total. The molecule has 1 aliphatic heterocycles. The lowest BCUT2D eigenvalue weighted by Crippen LogP contribution is -2.59. The first-order valence-electron chi connectivity index (χ1n) is 10.4. The van der Waals surface area contributed by atoms with Gasteiger partial charge in [-0.3, -0.25) is 14.5 Å². The van der Waals surface area contributed by atoms with Crippen LogP contribution in [0.15, 0.2) is 78.9 Å². The molecular weight excluding hydrogens is 404 g/mol. The monoisotopic (exact) mass is 428 g/mol. The fourth-order valence-electron chi connectivity index (χ4n) is 3.86. The molecule has 1 aliphatic rings. The van der Waals surface area contributed by atoms with Crippen molar-refractivity contribution in [3.63, 3.8) is 0 Å². The number of amides is 2. The molecule has 4 rings (SSSR count). The lowest BCUT2D eigenvalue weighted by molar-refractivity contribution is -0.128. The third-order valence-electron chi connectivity index (χ3n) is 5.56. The normalized spacial score (nSPS) is 14.3. The van der Waals surface area contributed by atoms with Crippen molar-refractivity contribution in [3.05, 3.63) is 95.6 Å². The highest BCUT2D eigenvalue weighted by Crippen LogP contribution is 2.36. The summed E-state index contributed by atoms with van der Waals surface area (Å²) in [6, 6.07) is 24.1. The van der Waals surface area contributed by atoms with Gasteiger partial charge < -0.3 is 10.1 Å². The number of rotatable bonds is 5. The second-order valence-electron chi connectivity index (χ2n) is 8.16. The Balaban J connectivity index is 1.52. The Bertz CT molecular complexity index is 1170. The molecule has 162 valence electrons. The summed E-state index contributed by atoms with van der Waals surface area (Å²) in [6.45, 7) is 2.85. The van der Waals surface area contributed by atoms with Gasteiger partial charge in [0, 0.05) is 0 Å². The van der Waals surface area contributed by atoms with Gasteiger partial charge in [0.1, 0.15) is 5.54 Å². The number of anilines is 2. The van der Waals surface area contributed by atoms with Crippen LogP contribution in [-0.2, 0) is 20.7 Å². The van der Waals surface area contributed by atoms with E-state index in [9.17, 15) is 14.4 Å². The number of hydrogen-bond acceptors (Lipinski definition) is 4. The highest BCUT2D eigenvalue weighted by atomic mass is 16.5. The maximum absolute atomic E-state index is 13.1. The fraction of sp³-hybridized carbons (Fsp3) is 0.192. The average Bonchev–Trinajstić information content (AvgIpc) is 2.79. The van der Waals surface area contributed by atoms with E-state index < -0.39 is 24.0 Å². The van der Waals surface area contributed by atoms with E-state index in [1.165, 1.54) is 4.90 Å². The molecule has 0 saturated carbocycles. The second kappa shape index (κ2) is 8.67. The number of carbonyl (C=O) groups excluding carboxylic acids is 3. The van der Waals surface area contributed by atoms with Gasteiger partial charge in [0.25, 0.3) is 5.91 Å². The standard InChI is InChI=1S/C26H24N2O4/c1-26(2)25(31)27-21-14-8-9-15-22(21)28(26)23(29)17-32-24(30)20-13-7-6-12-19(20)16-18-10-4-3-5-11-18/h3-15H,16-17H2,1-2H3,(H,27,31). The van der Waals surface area contributed by atoms with Crippen molar-refractivity contribution >= 4 is 29.2 Å². The van der Waals surface area contributed by atoms with Gasteiger partial charge in [-0.15, -0.1) is 0 Å². The van der Waals surface area contributed by atoms with Crippen LogP contribution in [-0.4, -0.2) is 29.9 Å². The third kappa shape index (κ3) is 4.12. The number of benzene rings is 3. The molecule has 0 fully saturated rings. The highest BCUT2D eigenvalue weighted by Gasteiger charge is 2.43. The molecule has 0 spiro atoms. The van der Waals surface area contributed by atoms with Gasteiger partial charge in [-0.05, 0) is 49.6 Å². The predicted octanol–water partition coefficient (Wildman–Crippen LogP) is 4.20. The number of nitrogens with one attached hydrogen (secondary N) is 1. The number of carbonyl (C=O) groups is 3. The van der Waals surface area contributed by atoms with E-state index in [1.807, 2.05) is 42.5 Å². The van der Waals surface area contributed by atoms with Crippen LogP contribution in [0.2, 0.25) is 0 Å². The maximum Gasteiger partial charge on any atom is 0.338 e. The van der Waals surface area contributed by atoms with Gasteiger partial charge in [0.15, 0.2) is 6.61 Å². The van der Waals surface area contributed by atoms with Crippen molar-refractivity contribution < 1.29 is 19.1 Å². The smallest absolute Gasteiger partial charge is 0.338 e. The lowest BCUT2D eigenvalue weighted by atomic mass is 9.96. The van der Waals surface area contributed by atoms with E-state index in [0.717, 1.165) is 11.1 Å². The Morgan fingerprint density at radius 2 is 1.56 bits per heavy atom. The fourth-order valence-corrected chi connectivity index (χ4v) is 3.86. The summed E-state index contributed by atoms with van der Waals surface area (Å²) in [5.41, 5.74) is 2.30. The molecule has 0 radical (unpaired) electrons. The van der Waals surface area contributed by atoms with Crippen molar-refractivity contribution in [1.82, 2.24) is 0 Å². The molecular formula is C26H24N2O4. The van der Waals surface area contributed by atoms with Crippen molar-refractivity contribution in [2.75, 3.05) is 16.8 Å². The van der Waals surface area contributed by atoms with Gasteiger partial charge >= 0.3 is 5.97 Å². The molecule has 0 unspecified atom stereocenters. The number of para-hydroxylation sites is 2. The van der Waals surface area contributed by atoms with Crippen LogP contribution in [0.25, 0.3) is 0 Å². The first-order chi connectivity index (χ1) is 15.4. The van der Waals surface area contributed by atoms with Crippen LogP contribution in [0.4, 0.5) is 11.4 Å². The highest BCUT2D eigenvalue weighted by molar-refractivity contribution is 6.14. The van der Waals surface area contributed by atoms with Crippen LogP contribution >= 0.6 is 0 Å². The summed E-state index contributed by atoms with van der Waals surface area (Å²) in [7, 11) is 0. The molecule has 0 aliphatic carbocycles. The molecule has 0 aromatic heterocycles. The number of fused-ring (bicyclic) bond motifs is 1. The van der Waals surface area contributed by atoms with Crippen molar-refractivity contribution in [1.29, 1.82) is 0 Å². The van der Waals surface area contributed by atoms with E-state index in [1.54, 1.807) is 50.2 Å². The first kappa shape index (κ1) is 21.3. The number of ether oxygens (including phenoxy) is 1.